The van der Waals surface area contributed by atoms with Gasteiger partial charge in [-0.25, -0.2) is 13.8 Å². The second-order valence-electron chi connectivity index (χ2n) is 10.1. The fourth-order valence-electron chi connectivity index (χ4n) is 5.70. The smallest absolute Gasteiger partial charge is 0.265 e. The van der Waals surface area contributed by atoms with E-state index < -0.39 is 5.54 Å². The fourth-order valence-corrected chi connectivity index (χ4v) is 5.70. The predicted octanol–water partition coefficient (Wildman–Crippen LogP) is 5.75. The van der Waals surface area contributed by atoms with E-state index in [0.717, 1.165) is 44.6 Å². The number of nitrogens with zero attached hydrogens (tertiary/aromatic N) is 3. The SMILES string of the molecule is COc1ccc(C2CCN(CCCN3C(=O)C(c4ccc(F)cc4)(c4ccc(F)cc4)N=C3C)CC2)cc1. The van der Waals surface area contributed by atoms with Gasteiger partial charge in [0.2, 0.25) is 0 Å². The van der Waals surface area contributed by atoms with Crippen molar-refractivity contribution in [2.45, 2.75) is 37.6 Å². The van der Waals surface area contributed by atoms with Crippen LogP contribution in [-0.4, -0.2) is 54.8 Å². The molecule has 0 aromatic heterocycles. The lowest BCUT2D eigenvalue weighted by Gasteiger charge is -2.33. The first-order valence-electron chi connectivity index (χ1n) is 13.2. The monoisotopic (exact) mass is 517 g/mol. The first-order valence-corrected chi connectivity index (χ1v) is 13.2. The molecule has 2 aliphatic heterocycles. The third kappa shape index (κ3) is 5.07. The molecule has 1 amide bonds. The Balaban J connectivity index is 1.23. The van der Waals surface area contributed by atoms with E-state index in [1.165, 1.54) is 29.8 Å². The van der Waals surface area contributed by atoms with Gasteiger partial charge in [-0.3, -0.25) is 9.69 Å². The Labute approximate surface area is 222 Å². The molecule has 0 atom stereocenters. The molecule has 1 fully saturated rings. The van der Waals surface area contributed by atoms with Crippen LogP contribution in [0.1, 0.15) is 48.8 Å². The number of ether oxygens (including phenoxy) is 1. The van der Waals surface area contributed by atoms with Crippen LogP contribution in [0.2, 0.25) is 0 Å². The molecular weight excluding hydrogens is 484 g/mol. The topological polar surface area (TPSA) is 45.1 Å². The molecule has 3 aromatic rings. The third-order valence-corrected chi connectivity index (χ3v) is 7.83. The number of benzene rings is 3. The van der Waals surface area contributed by atoms with Crippen LogP contribution >= 0.6 is 0 Å². The van der Waals surface area contributed by atoms with Gasteiger partial charge in [-0.1, -0.05) is 36.4 Å². The molecule has 0 radical (unpaired) electrons. The molecule has 1 saturated heterocycles. The molecule has 2 heterocycles. The number of piperidine rings is 1. The number of carbonyl (C=O) groups excluding carboxylic acids is 1. The number of carbonyl (C=O) groups is 1. The van der Waals surface area contributed by atoms with E-state index in [2.05, 4.69) is 17.0 Å². The third-order valence-electron chi connectivity index (χ3n) is 7.83. The lowest BCUT2D eigenvalue weighted by atomic mass is 9.82. The molecule has 7 heteroatoms. The Morgan fingerprint density at radius 1 is 0.868 bits per heavy atom. The zero-order valence-corrected chi connectivity index (χ0v) is 21.9. The van der Waals surface area contributed by atoms with E-state index >= 15 is 0 Å². The molecular formula is C31H33F2N3O2. The van der Waals surface area contributed by atoms with Crippen molar-refractivity contribution in [3.05, 3.63) is 101 Å². The highest BCUT2D eigenvalue weighted by Gasteiger charge is 2.49. The van der Waals surface area contributed by atoms with Crippen molar-refractivity contribution in [1.82, 2.24) is 9.80 Å². The molecule has 0 unspecified atom stereocenters. The maximum absolute atomic E-state index is 13.9. The minimum atomic E-state index is -1.35. The highest BCUT2D eigenvalue weighted by molar-refractivity contribution is 6.09. The Morgan fingerprint density at radius 3 is 1.95 bits per heavy atom. The Morgan fingerprint density at radius 2 is 1.42 bits per heavy atom. The number of amides is 1. The molecule has 0 aliphatic carbocycles. The van der Waals surface area contributed by atoms with E-state index in [-0.39, 0.29) is 17.5 Å². The summed E-state index contributed by atoms with van der Waals surface area (Å²) < 4.78 is 32.7. The molecule has 0 spiro atoms. The van der Waals surface area contributed by atoms with E-state index in [1.54, 1.807) is 36.3 Å². The molecule has 38 heavy (non-hydrogen) atoms. The van der Waals surface area contributed by atoms with Gasteiger partial charge in [0.15, 0.2) is 5.54 Å². The summed E-state index contributed by atoms with van der Waals surface area (Å²) in [6, 6.07) is 20.0. The van der Waals surface area contributed by atoms with Crippen molar-refractivity contribution in [2.24, 2.45) is 4.99 Å². The van der Waals surface area contributed by atoms with Crippen LogP contribution in [0.3, 0.4) is 0 Å². The molecule has 3 aromatic carbocycles. The second kappa shape index (κ2) is 11.0. The van der Waals surface area contributed by atoms with E-state index in [1.807, 2.05) is 19.1 Å². The summed E-state index contributed by atoms with van der Waals surface area (Å²) in [4.78, 5) is 22.9. The molecule has 0 saturated carbocycles. The zero-order chi connectivity index (χ0) is 26.7. The number of hydrogen-bond acceptors (Lipinski definition) is 4. The molecule has 198 valence electrons. The first-order chi connectivity index (χ1) is 18.4. The zero-order valence-electron chi connectivity index (χ0n) is 21.9. The molecule has 5 nitrogen and oxygen atoms in total. The van der Waals surface area contributed by atoms with Crippen LogP contribution in [-0.2, 0) is 10.3 Å². The normalized spacial score (nSPS) is 18.1. The van der Waals surface area contributed by atoms with Crippen LogP contribution in [0.15, 0.2) is 77.8 Å². The maximum atomic E-state index is 13.9. The average Bonchev–Trinajstić information content (AvgIpc) is 3.20. The number of amidine groups is 1. The molecule has 0 bridgehead atoms. The van der Waals surface area contributed by atoms with Crippen molar-refractivity contribution in [2.75, 3.05) is 33.3 Å². The molecule has 0 N–H and O–H groups in total. The number of aliphatic imine (C=N–C) groups is 1. The van der Waals surface area contributed by atoms with Gasteiger partial charge in [-0.15, -0.1) is 0 Å². The summed E-state index contributed by atoms with van der Waals surface area (Å²) in [6.07, 6.45) is 3.02. The molecule has 2 aliphatic rings. The predicted molar refractivity (Wildman–Crippen MR) is 144 cm³/mol. The van der Waals surface area contributed by atoms with Gasteiger partial charge >= 0.3 is 0 Å². The number of rotatable bonds is 8. The summed E-state index contributed by atoms with van der Waals surface area (Å²) in [5.41, 5.74) is 1.15. The maximum Gasteiger partial charge on any atom is 0.265 e. The Bertz CT molecular complexity index is 1240. The summed E-state index contributed by atoms with van der Waals surface area (Å²) in [5, 5.41) is 0. The van der Waals surface area contributed by atoms with E-state index in [0.29, 0.717) is 29.4 Å². The van der Waals surface area contributed by atoms with Crippen molar-refractivity contribution < 1.29 is 18.3 Å². The second-order valence-corrected chi connectivity index (χ2v) is 10.1. The lowest BCUT2D eigenvalue weighted by Crippen LogP contribution is -2.43. The van der Waals surface area contributed by atoms with Gasteiger partial charge in [-0.2, -0.15) is 0 Å². The van der Waals surface area contributed by atoms with Gasteiger partial charge in [0.25, 0.3) is 5.91 Å². The van der Waals surface area contributed by atoms with Gasteiger partial charge in [0.1, 0.15) is 23.2 Å². The Hall–Kier alpha value is -3.58. The highest BCUT2D eigenvalue weighted by atomic mass is 19.1. The number of methoxy groups -OCH3 is 1. The van der Waals surface area contributed by atoms with Crippen LogP contribution in [0, 0.1) is 11.6 Å². The minimum absolute atomic E-state index is 0.188. The van der Waals surface area contributed by atoms with Crippen molar-refractivity contribution in [3.8, 4) is 5.75 Å². The van der Waals surface area contributed by atoms with E-state index in [4.69, 9.17) is 9.73 Å². The van der Waals surface area contributed by atoms with Gasteiger partial charge < -0.3 is 9.64 Å². The van der Waals surface area contributed by atoms with Crippen LogP contribution in [0.4, 0.5) is 8.78 Å². The Kier molecular flexibility index (Phi) is 7.56. The van der Waals surface area contributed by atoms with Crippen molar-refractivity contribution in [1.29, 1.82) is 0 Å². The highest BCUT2D eigenvalue weighted by Crippen LogP contribution is 2.40. The summed E-state index contributed by atoms with van der Waals surface area (Å²) in [7, 11) is 1.68. The van der Waals surface area contributed by atoms with Crippen molar-refractivity contribution >= 4 is 11.7 Å². The lowest BCUT2D eigenvalue weighted by molar-refractivity contribution is -0.130. The van der Waals surface area contributed by atoms with Crippen LogP contribution in [0.5, 0.6) is 5.75 Å². The average molecular weight is 518 g/mol. The largest absolute Gasteiger partial charge is 0.497 e. The minimum Gasteiger partial charge on any atom is -0.497 e. The van der Waals surface area contributed by atoms with Crippen molar-refractivity contribution in [3.63, 3.8) is 0 Å². The van der Waals surface area contributed by atoms with Gasteiger partial charge in [-0.05, 0) is 105 Å². The first kappa shape index (κ1) is 26.0. The fraction of sp³-hybridized carbons (Fsp3) is 0.355. The number of likely N-dealkylation sites (tertiary alicyclic amines) is 1. The number of halogens is 2. The van der Waals surface area contributed by atoms with Crippen LogP contribution < -0.4 is 4.74 Å². The van der Waals surface area contributed by atoms with E-state index in [9.17, 15) is 13.6 Å². The number of hydrogen-bond donors (Lipinski definition) is 0. The summed E-state index contributed by atoms with van der Waals surface area (Å²) in [6.45, 7) is 5.30. The summed E-state index contributed by atoms with van der Waals surface area (Å²) in [5.74, 6) is 1.08. The summed E-state index contributed by atoms with van der Waals surface area (Å²) >= 11 is 0. The van der Waals surface area contributed by atoms with Crippen LogP contribution in [0.25, 0.3) is 0 Å². The standard InChI is InChI=1S/C31H33F2N3O2/c1-22-34-31(25-6-10-27(32)11-7-25,26-8-12-28(33)13-9-26)30(37)36(22)19-3-18-35-20-16-24(17-21-35)23-4-14-29(38-2)15-5-23/h4-15,24H,3,16-21H2,1-2H3. The quantitative estimate of drug-likeness (QED) is 0.382. The van der Waals surface area contributed by atoms with Gasteiger partial charge in [0, 0.05) is 6.54 Å². The molecule has 5 rings (SSSR count). The van der Waals surface area contributed by atoms with Gasteiger partial charge in [0.05, 0.1) is 7.11 Å².